The van der Waals surface area contributed by atoms with E-state index in [1.807, 2.05) is 0 Å². The number of hydrogen-bond acceptors (Lipinski definition) is 5. The van der Waals surface area contributed by atoms with Gasteiger partial charge in [-0.05, 0) is 32.0 Å². The average molecular weight is 263 g/mol. The van der Waals surface area contributed by atoms with Gasteiger partial charge in [-0.25, -0.2) is 4.79 Å². The second kappa shape index (κ2) is 4.57. The maximum Gasteiger partial charge on any atom is 0.339 e. The van der Waals surface area contributed by atoms with Gasteiger partial charge in [0.05, 0.1) is 13.7 Å². The van der Waals surface area contributed by atoms with Crippen molar-refractivity contribution in [3.05, 3.63) is 23.8 Å². The Morgan fingerprint density at radius 2 is 2.11 bits per heavy atom. The van der Waals surface area contributed by atoms with Crippen LogP contribution in [0.3, 0.4) is 0 Å². The van der Waals surface area contributed by atoms with Gasteiger partial charge in [-0.1, -0.05) is 0 Å². The molecule has 102 valence electrons. The monoisotopic (exact) mass is 263 g/mol. The van der Waals surface area contributed by atoms with E-state index in [-0.39, 0.29) is 12.4 Å². The Kier molecular flexibility index (Phi) is 3.22. The van der Waals surface area contributed by atoms with Crippen molar-refractivity contribution in [2.45, 2.75) is 19.4 Å². The number of methoxy groups -OCH3 is 1. The van der Waals surface area contributed by atoms with Crippen molar-refractivity contribution >= 4 is 17.4 Å². The third-order valence-corrected chi connectivity index (χ3v) is 3.60. The fraction of sp³-hybridized carbons (Fsp3) is 0.429. The molecular formula is C14H17NO4. The van der Waals surface area contributed by atoms with Crippen LogP contribution in [0.15, 0.2) is 18.2 Å². The predicted octanol–water partition coefficient (Wildman–Crippen LogP) is 1.65. The fourth-order valence-electron chi connectivity index (χ4n) is 2.27. The lowest BCUT2D eigenvalue weighted by Gasteiger charge is -2.29. The van der Waals surface area contributed by atoms with Crippen LogP contribution < -0.4 is 9.64 Å². The second-order valence-electron chi connectivity index (χ2n) is 4.56. The zero-order valence-electron chi connectivity index (χ0n) is 11.5. The number of nitrogens with zero attached hydrogens (tertiary/aromatic N) is 1. The first-order chi connectivity index (χ1) is 8.96. The summed E-state index contributed by atoms with van der Waals surface area (Å²) >= 11 is 0. The summed E-state index contributed by atoms with van der Waals surface area (Å²) in [5, 5.41) is 0. The summed E-state index contributed by atoms with van der Waals surface area (Å²) in [5.74, 6) is -0.200. The topological polar surface area (TPSA) is 55.8 Å². The molecule has 0 bridgehead atoms. The number of rotatable bonds is 3. The SMILES string of the molecule is CCOC(=O)C1(C)C(=O)c2cc(OC)ccc2N1C. The highest BCUT2D eigenvalue weighted by Crippen LogP contribution is 2.39. The third kappa shape index (κ3) is 1.77. The molecule has 0 saturated carbocycles. The van der Waals surface area contributed by atoms with E-state index < -0.39 is 11.5 Å². The number of esters is 1. The lowest BCUT2D eigenvalue weighted by Crippen LogP contribution is -2.53. The Morgan fingerprint density at radius 1 is 1.42 bits per heavy atom. The van der Waals surface area contributed by atoms with E-state index in [1.54, 1.807) is 44.0 Å². The van der Waals surface area contributed by atoms with Crippen LogP contribution in [0.1, 0.15) is 24.2 Å². The van der Waals surface area contributed by atoms with Gasteiger partial charge in [0, 0.05) is 18.3 Å². The highest BCUT2D eigenvalue weighted by Gasteiger charge is 2.53. The molecule has 1 atom stereocenters. The summed E-state index contributed by atoms with van der Waals surface area (Å²) in [5.41, 5.74) is -0.108. The zero-order valence-corrected chi connectivity index (χ0v) is 11.5. The first kappa shape index (κ1) is 13.4. The van der Waals surface area contributed by atoms with Gasteiger partial charge in [0.25, 0.3) is 0 Å². The van der Waals surface area contributed by atoms with Gasteiger partial charge in [-0.15, -0.1) is 0 Å². The zero-order chi connectivity index (χ0) is 14.2. The van der Waals surface area contributed by atoms with Crippen LogP contribution >= 0.6 is 0 Å². The number of Topliss-reactive ketones (excluding diaryl/α,β-unsaturated/α-hetero) is 1. The normalized spacial score (nSPS) is 21.3. The van der Waals surface area contributed by atoms with Crippen LogP contribution in [0, 0.1) is 0 Å². The second-order valence-corrected chi connectivity index (χ2v) is 4.56. The molecule has 5 heteroatoms. The first-order valence-electron chi connectivity index (χ1n) is 6.10. The van der Waals surface area contributed by atoms with Crippen molar-refractivity contribution in [3.8, 4) is 5.75 Å². The van der Waals surface area contributed by atoms with Crippen molar-refractivity contribution < 1.29 is 19.1 Å². The summed E-state index contributed by atoms with van der Waals surface area (Å²) in [6.45, 7) is 3.55. The third-order valence-electron chi connectivity index (χ3n) is 3.60. The molecule has 1 unspecified atom stereocenters. The van der Waals surface area contributed by atoms with E-state index in [0.29, 0.717) is 17.0 Å². The Morgan fingerprint density at radius 3 is 2.68 bits per heavy atom. The quantitative estimate of drug-likeness (QED) is 0.613. The van der Waals surface area contributed by atoms with E-state index in [4.69, 9.17) is 9.47 Å². The van der Waals surface area contributed by atoms with Gasteiger partial charge in [0.1, 0.15) is 5.75 Å². The molecule has 1 aromatic carbocycles. The molecule has 0 aromatic heterocycles. The van der Waals surface area contributed by atoms with E-state index in [1.165, 1.54) is 7.11 Å². The van der Waals surface area contributed by atoms with Crippen molar-refractivity contribution in [1.82, 2.24) is 0 Å². The molecule has 0 fully saturated rings. The smallest absolute Gasteiger partial charge is 0.339 e. The fourth-order valence-corrected chi connectivity index (χ4v) is 2.27. The number of carbonyl (C=O) groups excluding carboxylic acids is 2. The molecule has 0 spiro atoms. The number of fused-ring (bicyclic) bond motifs is 1. The number of ether oxygens (including phenoxy) is 2. The molecule has 0 amide bonds. The Balaban J connectivity index is 2.49. The van der Waals surface area contributed by atoms with Crippen LogP contribution in [0.2, 0.25) is 0 Å². The molecular weight excluding hydrogens is 246 g/mol. The number of carbonyl (C=O) groups is 2. The molecule has 5 nitrogen and oxygen atoms in total. The minimum absolute atomic E-state index is 0.245. The highest BCUT2D eigenvalue weighted by atomic mass is 16.5. The maximum atomic E-state index is 12.5. The highest BCUT2D eigenvalue weighted by molar-refractivity contribution is 6.24. The van der Waals surface area contributed by atoms with Crippen LogP contribution in [-0.2, 0) is 9.53 Å². The average Bonchev–Trinajstić information content (AvgIpc) is 2.62. The molecule has 1 heterocycles. The van der Waals surface area contributed by atoms with Crippen LogP contribution in [-0.4, -0.2) is 38.1 Å². The molecule has 2 rings (SSSR count). The summed E-state index contributed by atoms with van der Waals surface area (Å²) in [6.07, 6.45) is 0. The number of likely N-dealkylation sites (N-methyl/N-ethyl adjacent to an activating group) is 1. The number of anilines is 1. The van der Waals surface area contributed by atoms with Crippen LogP contribution in [0.25, 0.3) is 0 Å². The summed E-state index contributed by atoms with van der Waals surface area (Å²) in [7, 11) is 3.25. The van der Waals surface area contributed by atoms with Gasteiger partial charge >= 0.3 is 5.97 Å². The lowest BCUT2D eigenvalue weighted by molar-refractivity contribution is -0.146. The first-order valence-corrected chi connectivity index (χ1v) is 6.10. The van der Waals surface area contributed by atoms with Gasteiger partial charge in [0.2, 0.25) is 5.78 Å². The largest absolute Gasteiger partial charge is 0.497 e. The number of ketones is 1. The van der Waals surface area contributed by atoms with Gasteiger partial charge in [0.15, 0.2) is 5.54 Å². The van der Waals surface area contributed by atoms with Crippen LogP contribution in [0.4, 0.5) is 5.69 Å². The summed E-state index contributed by atoms with van der Waals surface area (Å²) in [4.78, 5) is 26.3. The summed E-state index contributed by atoms with van der Waals surface area (Å²) < 4.78 is 10.1. The molecule has 0 radical (unpaired) electrons. The molecule has 1 aliphatic rings. The maximum absolute atomic E-state index is 12.5. The molecule has 0 aliphatic carbocycles. The minimum atomic E-state index is -1.30. The van der Waals surface area contributed by atoms with E-state index in [0.717, 1.165) is 0 Å². The molecule has 0 N–H and O–H groups in total. The number of hydrogen-bond donors (Lipinski definition) is 0. The van der Waals surface area contributed by atoms with E-state index >= 15 is 0 Å². The van der Waals surface area contributed by atoms with Crippen molar-refractivity contribution in [2.24, 2.45) is 0 Å². The van der Waals surface area contributed by atoms with Crippen molar-refractivity contribution in [1.29, 1.82) is 0 Å². The summed E-state index contributed by atoms with van der Waals surface area (Å²) in [6, 6.07) is 5.19. The van der Waals surface area contributed by atoms with Crippen molar-refractivity contribution in [2.75, 3.05) is 25.7 Å². The van der Waals surface area contributed by atoms with Gasteiger partial charge in [-0.2, -0.15) is 0 Å². The van der Waals surface area contributed by atoms with Crippen LogP contribution in [0.5, 0.6) is 5.75 Å². The molecule has 19 heavy (non-hydrogen) atoms. The van der Waals surface area contributed by atoms with Gasteiger partial charge in [-0.3, -0.25) is 4.79 Å². The van der Waals surface area contributed by atoms with E-state index in [2.05, 4.69) is 0 Å². The lowest BCUT2D eigenvalue weighted by atomic mass is 9.95. The standard InChI is InChI=1S/C14H17NO4/c1-5-19-13(17)14(2)12(16)10-8-9(18-4)6-7-11(10)15(14)3/h6-8H,5H2,1-4H3. The van der Waals surface area contributed by atoms with E-state index in [9.17, 15) is 9.59 Å². The Bertz CT molecular complexity index is 540. The minimum Gasteiger partial charge on any atom is -0.497 e. The molecule has 1 aromatic rings. The van der Waals surface area contributed by atoms with Gasteiger partial charge < -0.3 is 14.4 Å². The predicted molar refractivity (Wildman–Crippen MR) is 70.8 cm³/mol. The Hall–Kier alpha value is -2.04. The molecule has 0 saturated heterocycles. The Labute approximate surface area is 112 Å². The van der Waals surface area contributed by atoms with Crippen molar-refractivity contribution in [3.63, 3.8) is 0 Å². The molecule has 1 aliphatic heterocycles. The number of benzene rings is 1.